The van der Waals surface area contributed by atoms with Crippen molar-refractivity contribution in [2.45, 2.75) is 46.6 Å². The molecule has 0 aliphatic rings. The topological polar surface area (TPSA) is 58.0 Å². The fourth-order valence-corrected chi connectivity index (χ4v) is 1.58. The number of aryl methyl sites for hydroxylation is 2. The number of anilines is 1. The SMILES string of the molecule is CCc1cc(NCCC(O)C(C)C)nc(C)n1. The monoisotopic (exact) mass is 237 g/mol. The van der Waals surface area contributed by atoms with Crippen molar-refractivity contribution in [1.82, 2.24) is 9.97 Å². The maximum atomic E-state index is 9.69. The number of hydrogen-bond donors (Lipinski definition) is 2. The van der Waals surface area contributed by atoms with E-state index < -0.39 is 0 Å². The Morgan fingerprint density at radius 3 is 2.65 bits per heavy atom. The maximum Gasteiger partial charge on any atom is 0.129 e. The fraction of sp³-hybridized carbons (Fsp3) is 0.692. The summed E-state index contributed by atoms with van der Waals surface area (Å²) < 4.78 is 0. The molecule has 1 rings (SSSR count). The predicted molar refractivity (Wildman–Crippen MR) is 70.1 cm³/mol. The Morgan fingerprint density at radius 2 is 2.06 bits per heavy atom. The number of hydrogen-bond acceptors (Lipinski definition) is 4. The highest BCUT2D eigenvalue weighted by Crippen LogP contribution is 2.09. The third-order valence-corrected chi connectivity index (χ3v) is 2.77. The number of nitrogens with zero attached hydrogens (tertiary/aromatic N) is 2. The van der Waals surface area contributed by atoms with E-state index in [-0.39, 0.29) is 6.10 Å². The van der Waals surface area contributed by atoms with Crippen LogP contribution < -0.4 is 5.32 Å². The van der Waals surface area contributed by atoms with Crippen LogP contribution in [0.15, 0.2) is 6.07 Å². The molecule has 4 nitrogen and oxygen atoms in total. The van der Waals surface area contributed by atoms with Gasteiger partial charge in [0.1, 0.15) is 11.6 Å². The van der Waals surface area contributed by atoms with Crippen LogP contribution in [0.3, 0.4) is 0 Å². The highest BCUT2D eigenvalue weighted by Gasteiger charge is 2.08. The van der Waals surface area contributed by atoms with Gasteiger partial charge in [0.2, 0.25) is 0 Å². The van der Waals surface area contributed by atoms with E-state index in [9.17, 15) is 5.11 Å². The first-order valence-electron chi connectivity index (χ1n) is 6.29. The molecule has 17 heavy (non-hydrogen) atoms. The van der Waals surface area contributed by atoms with E-state index in [1.54, 1.807) is 0 Å². The quantitative estimate of drug-likeness (QED) is 0.796. The van der Waals surface area contributed by atoms with Crippen LogP contribution in [-0.2, 0) is 6.42 Å². The summed E-state index contributed by atoms with van der Waals surface area (Å²) in [5.41, 5.74) is 1.05. The van der Waals surface area contributed by atoms with Gasteiger partial charge < -0.3 is 10.4 Å². The summed E-state index contributed by atoms with van der Waals surface area (Å²) in [6, 6.07) is 1.97. The van der Waals surface area contributed by atoms with Gasteiger partial charge in [-0.1, -0.05) is 20.8 Å². The third-order valence-electron chi connectivity index (χ3n) is 2.77. The van der Waals surface area contributed by atoms with Gasteiger partial charge in [0.25, 0.3) is 0 Å². The Bertz CT molecular complexity index is 353. The molecule has 1 aromatic rings. The van der Waals surface area contributed by atoms with E-state index in [2.05, 4.69) is 22.2 Å². The van der Waals surface area contributed by atoms with Crippen LogP contribution in [-0.4, -0.2) is 27.7 Å². The van der Waals surface area contributed by atoms with Crippen molar-refractivity contribution >= 4 is 5.82 Å². The van der Waals surface area contributed by atoms with E-state index in [1.165, 1.54) is 0 Å². The van der Waals surface area contributed by atoms with E-state index in [0.29, 0.717) is 5.92 Å². The van der Waals surface area contributed by atoms with Gasteiger partial charge in [0, 0.05) is 18.3 Å². The Hall–Kier alpha value is -1.16. The molecule has 1 unspecified atom stereocenters. The van der Waals surface area contributed by atoms with Gasteiger partial charge >= 0.3 is 0 Å². The molecule has 0 saturated carbocycles. The maximum absolute atomic E-state index is 9.69. The average molecular weight is 237 g/mol. The molecule has 0 aromatic carbocycles. The smallest absolute Gasteiger partial charge is 0.129 e. The molecular formula is C13H23N3O. The van der Waals surface area contributed by atoms with Crippen molar-refractivity contribution in [3.8, 4) is 0 Å². The van der Waals surface area contributed by atoms with Crippen LogP contribution in [0, 0.1) is 12.8 Å². The van der Waals surface area contributed by atoms with E-state index in [1.807, 2.05) is 26.8 Å². The number of aliphatic hydroxyl groups excluding tert-OH is 1. The summed E-state index contributed by atoms with van der Waals surface area (Å²) in [4.78, 5) is 8.64. The highest BCUT2D eigenvalue weighted by atomic mass is 16.3. The van der Waals surface area contributed by atoms with Gasteiger partial charge in [0.05, 0.1) is 6.10 Å². The molecule has 96 valence electrons. The average Bonchev–Trinajstić information content (AvgIpc) is 2.27. The molecule has 2 N–H and O–H groups in total. The van der Waals surface area contributed by atoms with Crippen molar-refractivity contribution in [3.05, 3.63) is 17.6 Å². The zero-order chi connectivity index (χ0) is 12.8. The van der Waals surface area contributed by atoms with Crippen molar-refractivity contribution in [2.75, 3.05) is 11.9 Å². The Balaban J connectivity index is 2.49. The van der Waals surface area contributed by atoms with E-state index in [0.717, 1.165) is 36.7 Å². The highest BCUT2D eigenvalue weighted by molar-refractivity contribution is 5.35. The molecule has 0 radical (unpaired) electrons. The van der Waals surface area contributed by atoms with Crippen molar-refractivity contribution < 1.29 is 5.11 Å². The lowest BCUT2D eigenvalue weighted by atomic mass is 10.0. The molecule has 4 heteroatoms. The summed E-state index contributed by atoms with van der Waals surface area (Å²) in [5.74, 6) is 1.94. The minimum absolute atomic E-state index is 0.254. The summed E-state index contributed by atoms with van der Waals surface area (Å²) in [7, 11) is 0. The molecule has 0 amide bonds. The first-order chi connectivity index (χ1) is 8.02. The van der Waals surface area contributed by atoms with Gasteiger partial charge in [-0.25, -0.2) is 9.97 Å². The van der Waals surface area contributed by atoms with Gasteiger partial charge in [-0.15, -0.1) is 0 Å². The van der Waals surface area contributed by atoms with Crippen LogP contribution in [0.4, 0.5) is 5.82 Å². The summed E-state index contributed by atoms with van der Waals surface area (Å²) in [6.45, 7) is 8.75. The molecule has 0 aliphatic heterocycles. The second-order valence-electron chi connectivity index (χ2n) is 4.67. The Kier molecular flexibility index (Phi) is 5.35. The lowest BCUT2D eigenvalue weighted by Gasteiger charge is -2.15. The molecule has 0 spiro atoms. The fourth-order valence-electron chi connectivity index (χ4n) is 1.58. The molecule has 1 atom stereocenters. The minimum atomic E-state index is -0.254. The Morgan fingerprint density at radius 1 is 1.35 bits per heavy atom. The zero-order valence-electron chi connectivity index (χ0n) is 11.2. The van der Waals surface area contributed by atoms with Gasteiger partial charge in [-0.3, -0.25) is 0 Å². The first-order valence-corrected chi connectivity index (χ1v) is 6.29. The van der Waals surface area contributed by atoms with E-state index >= 15 is 0 Å². The molecule has 0 bridgehead atoms. The Labute approximate surface area is 103 Å². The predicted octanol–water partition coefficient (Wildman–Crippen LogP) is 2.17. The van der Waals surface area contributed by atoms with Crippen molar-refractivity contribution in [2.24, 2.45) is 5.92 Å². The molecule has 0 aliphatic carbocycles. The number of rotatable bonds is 6. The zero-order valence-corrected chi connectivity index (χ0v) is 11.2. The van der Waals surface area contributed by atoms with Crippen molar-refractivity contribution in [3.63, 3.8) is 0 Å². The lowest BCUT2D eigenvalue weighted by Crippen LogP contribution is -2.19. The lowest BCUT2D eigenvalue weighted by molar-refractivity contribution is 0.120. The van der Waals surface area contributed by atoms with Crippen LogP contribution in [0.2, 0.25) is 0 Å². The van der Waals surface area contributed by atoms with Gasteiger partial charge in [-0.2, -0.15) is 0 Å². The second-order valence-corrected chi connectivity index (χ2v) is 4.67. The van der Waals surface area contributed by atoms with Gasteiger partial charge in [0.15, 0.2) is 0 Å². The standard InChI is InChI=1S/C13H23N3O/c1-5-11-8-13(16-10(4)15-11)14-7-6-12(17)9(2)3/h8-9,12,17H,5-7H2,1-4H3,(H,14,15,16). The number of aliphatic hydroxyl groups is 1. The largest absolute Gasteiger partial charge is 0.393 e. The molecule has 1 aromatic heterocycles. The van der Waals surface area contributed by atoms with Crippen LogP contribution in [0.5, 0.6) is 0 Å². The summed E-state index contributed by atoms with van der Waals surface area (Å²) in [5, 5.41) is 12.9. The normalized spacial score (nSPS) is 12.8. The summed E-state index contributed by atoms with van der Waals surface area (Å²) >= 11 is 0. The van der Waals surface area contributed by atoms with Crippen LogP contribution in [0.25, 0.3) is 0 Å². The van der Waals surface area contributed by atoms with E-state index in [4.69, 9.17) is 0 Å². The second kappa shape index (κ2) is 6.55. The van der Waals surface area contributed by atoms with Crippen LogP contribution >= 0.6 is 0 Å². The number of aromatic nitrogens is 2. The molecule has 1 heterocycles. The number of nitrogens with one attached hydrogen (secondary N) is 1. The molecular weight excluding hydrogens is 214 g/mol. The molecule has 0 fully saturated rings. The van der Waals surface area contributed by atoms with Crippen LogP contribution in [0.1, 0.15) is 38.7 Å². The third kappa shape index (κ3) is 4.69. The van der Waals surface area contributed by atoms with Crippen molar-refractivity contribution in [1.29, 1.82) is 0 Å². The summed E-state index contributed by atoms with van der Waals surface area (Å²) in [6.07, 6.45) is 1.39. The first kappa shape index (κ1) is 13.9. The minimum Gasteiger partial charge on any atom is -0.393 e. The molecule has 0 saturated heterocycles. The van der Waals surface area contributed by atoms with Gasteiger partial charge in [-0.05, 0) is 25.7 Å².